The van der Waals surface area contributed by atoms with E-state index in [0.717, 1.165) is 33.3 Å². The van der Waals surface area contributed by atoms with Gasteiger partial charge in [-0.1, -0.05) is 36.4 Å². The first-order valence-electron chi connectivity index (χ1n) is 6.71. The number of rotatable bonds is 0. The Bertz CT molecular complexity index is 864. The zero-order valence-electron chi connectivity index (χ0n) is 10.8. The second-order valence-corrected chi connectivity index (χ2v) is 4.95. The second kappa shape index (κ2) is 4.23. The SMILES string of the molecule is O=c1[nH]c2ccccc2c2c1CCOc1ccccc1-2. The van der Waals surface area contributed by atoms with Gasteiger partial charge in [-0.2, -0.15) is 0 Å². The van der Waals surface area contributed by atoms with Crippen molar-refractivity contribution in [2.75, 3.05) is 6.61 Å². The van der Waals surface area contributed by atoms with Gasteiger partial charge >= 0.3 is 0 Å². The van der Waals surface area contributed by atoms with Crippen LogP contribution in [0.4, 0.5) is 0 Å². The lowest BCUT2D eigenvalue weighted by Gasteiger charge is -2.11. The van der Waals surface area contributed by atoms with Crippen LogP contribution in [0.3, 0.4) is 0 Å². The number of benzene rings is 2. The number of nitrogens with one attached hydrogen (secondary N) is 1. The van der Waals surface area contributed by atoms with E-state index in [0.29, 0.717) is 13.0 Å². The van der Waals surface area contributed by atoms with Crippen LogP contribution in [-0.2, 0) is 6.42 Å². The van der Waals surface area contributed by atoms with Crippen LogP contribution in [0.25, 0.3) is 22.0 Å². The summed E-state index contributed by atoms with van der Waals surface area (Å²) >= 11 is 0. The molecule has 0 unspecified atom stereocenters. The van der Waals surface area contributed by atoms with Crippen LogP contribution in [0, 0.1) is 0 Å². The van der Waals surface area contributed by atoms with Gasteiger partial charge in [-0.25, -0.2) is 0 Å². The summed E-state index contributed by atoms with van der Waals surface area (Å²) in [6.07, 6.45) is 0.629. The van der Waals surface area contributed by atoms with E-state index in [2.05, 4.69) is 4.98 Å². The summed E-state index contributed by atoms with van der Waals surface area (Å²) < 4.78 is 5.78. The Kier molecular flexibility index (Phi) is 2.39. The van der Waals surface area contributed by atoms with Crippen molar-refractivity contribution in [1.82, 2.24) is 4.98 Å². The van der Waals surface area contributed by atoms with Gasteiger partial charge in [0.15, 0.2) is 0 Å². The van der Waals surface area contributed by atoms with E-state index < -0.39 is 0 Å². The molecule has 0 amide bonds. The molecule has 1 N–H and O–H groups in total. The van der Waals surface area contributed by atoms with Crippen molar-refractivity contribution < 1.29 is 4.74 Å². The third kappa shape index (κ3) is 1.56. The van der Waals surface area contributed by atoms with Gasteiger partial charge in [-0.05, 0) is 12.1 Å². The number of ether oxygens (including phenoxy) is 1. The number of hydrogen-bond donors (Lipinski definition) is 1. The number of para-hydroxylation sites is 2. The average Bonchev–Trinajstić information content (AvgIpc) is 2.68. The number of aromatic amines is 1. The Morgan fingerprint density at radius 3 is 2.75 bits per heavy atom. The third-order valence-corrected chi connectivity index (χ3v) is 3.79. The first kappa shape index (κ1) is 11.3. The first-order chi connectivity index (χ1) is 9.84. The topological polar surface area (TPSA) is 42.1 Å². The van der Waals surface area contributed by atoms with Crippen LogP contribution in [0.15, 0.2) is 53.3 Å². The highest BCUT2D eigenvalue weighted by Crippen LogP contribution is 2.37. The molecule has 0 spiro atoms. The molecule has 1 aliphatic heterocycles. The lowest BCUT2D eigenvalue weighted by Crippen LogP contribution is -2.15. The molecular weight excluding hydrogens is 250 g/mol. The fraction of sp³-hybridized carbons (Fsp3) is 0.118. The molecule has 0 fully saturated rings. The molecule has 20 heavy (non-hydrogen) atoms. The summed E-state index contributed by atoms with van der Waals surface area (Å²) in [5.74, 6) is 0.849. The molecule has 0 saturated heterocycles. The van der Waals surface area contributed by atoms with E-state index >= 15 is 0 Å². The Labute approximate surface area is 115 Å². The highest BCUT2D eigenvalue weighted by Gasteiger charge is 2.20. The van der Waals surface area contributed by atoms with E-state index in [4.69, 9.17) is 4.74 Å². The third-order valence-electron chi connectivity index (χ3n) is 3.79. The molecule has 3 aromatic rings. The first-order valence-corrected chi connectivity index (χ1v) is 6.71. The smallest absolute Gasteiger partial charge is 0.252 e. The van der Waals surface area contributed by atoms with Crippen LogP contribution in [0.2, 0.25) is 0 Å². The Morgan fingerprint density at radius 2 is 1.80 bits per heavy atom. The molecule has 0 atom stereocenters. The van der Waals surface area contributed by atoms with Gasteiger partial charge < -0.3 is 9.72 Å². The van der Waals surface area contributed by atoms with Gasteiger partial charge in [0.25, 0.3) is 5.56 Å². The average molecular weight is 263 g/mol. The van der Waals surface area contributed by atoms with E-state index in [9.17, 15) is 4.79 Å². The van der Waals surface area contributed by atoms with Crippen LogP contribution >= 0.6 is 0 Å². The van der Waals surface area contributed by atoms with Crippen molar-refractivity contribution >= 4 is 10.9 Å². The quantitative estimate of drug-likeness (QED) is 0.677. The summed E-state index contributed by atoms with van der Waals surface area (Å²) in [7, 11) is 0. The van der Waals surface area contributed by atoms with Crippen molar-refractivity contribution in [2.45, 2.75) is 6.42 Å². The normalized spacial score (nSPS) is 13.2. The zero-order chi connectivity index (χ0) is 13.5. The number of fused-ring (bicyclic) bond motifs is 5. The maximum atomic E-state index is 12.3. The highest BCUT2D eigenvalue weighted by atomic mass is 16.5. The van der Waals surface area contributed by atoms with Crippen LogP contribution in [-0.4, -0.2) is 11.6 Å². The van der Waals surface area contributed by atoms with Gasteiger partial charge in [-0.3, -0.25) is 4.79 Å². The molecule has 0 saturated carbocycles. The molecule has 3 nitrogen and oxygen atoms in total. The molecular formula is C17H13NO2. The van der Waals surface area contributed by atoms with Crippen molar-refractivity contribution in [1.29, 1.82) is 0 Å². The van der Waals surface area contributed by atoms with Crippen molar-refractivity contribution in [3.8, 4) is 16.9 Å². The second-order valence-electron chi connectivity index (χ2n) is 4.95. The molecule has 3 heteroatoms. The summed E-state index contributed by atoms with van der Waals surface area (Å²) in [5.41, 5.74) is 3.68. The monoisotopic (exact) mass is 263 g/mol. The van der Waals surface area contributed by atoms with Crippen molar-refractivity contribution in [3.63, 3.8) is 0 Å². The minimum Gasteiger partial charge on any atom is -0.493 e. The molecule has 4 rings (SSSR count). The molecule has 98 valence electrons. The fourth-order valence-corrected chi connectivity index (χ4v) is 2.89. The lowest BCUT2D eigenvalue weighted by molar-refractivity contribution is 0.326. The standard InChI is InChI=1S/C17H13NO2/c19-17-13-9-10-20-15-8-4-2-6-12(15)16(13)11-5-1-3-7-14(11)18-17/h1-8H,9-10H2,(H,18,19). The zero-order valence-corrected chi connectivity index (χ0v) is 10.8. The summed E-state index contributed by atoms with van der Waals surface area (Å²) in [4.78, 5) is 15.3. The van der Waals surface area contributed by atoms with E-state index in [-0.39, 0.29) is 5.56 Å². The van der Waals surface area contributed by atoms with Crippen LogP contribution in [0.5, 0.6) is 5.75 Å². The Hall–Kier alpha value is -2.55. The Morgan fingerprint density at radius 1 is 1.00 bits per heavy atom. The van der Waals surface area contributed by atoms with E-state index in [1.54, 1.807) is 0 Å². The summed E-state index contributed by atoms with van der Waals surface area (Å²) in [6, 6.07) is 15.8. The van der Waals surface area contributed by atoms with Gasteiger partial charge in [0.2, 0.25) is 0 Å². The predicted octanol–water partition coefficient (Wildman–Crippen LogP) is 3.13. The number of hydrogen-bond acceptors (Lipinski definition) is 2. The molecule has 2 heterocycles. The summed E-state index contributed by atoms with van der Waals surface area (Å²) in [5, 5.41) is 1.07. The van der Waals surface area contributed by atoms with E-state index in [1.807, 2.05) is 48.5 Å². The number of pyridine rings is 1. The van der Waals surface area contributed by atoms with Gasteiger partial charge in [0, 0.05) is 34.0 Å². The molecule has 1 aromatic heterocycles. The fourth-order valence-electron chi connectivity index (χ4n) is 2.89. The number of H-pyrrole nitrogens is 1. The highest BCUT2D eigenvalue weighted by molar-refractivity contribution is 5.97. The minimum atomic E-state index is -0.0148. The molecule has 0 aliphatic carbocycles. The molecule has 1 aliphatic rings. The molecule has 0 radical (unpaired) electrons. The molecule has 0 bridgehead atoms. The summed E-state index contributed by atoms with van der Waals surface area (Å²) in [6.45, 7) is 0.533. The number of aromatic nitrogens is 1. The van der Waals surface area contributed by atoms with Crippen LogP contribution < -0.4 is 10.3 Å². The predicted molar refractivity (Wildman–Crippen MR) is 79.2 cm³/mol. The van der Waals surface area contributed by atoms with Crippen molar-refractivity contribution in [2.24, 2.45) is 0 Å². The maximum Gasteiger partial charge on any atom is 0.252 e. The van der Waals surface area contributed by atoms with Gasteiger partial charge in [0.05, 0.1) is 6.61 Å². The Balaban J connectivity index is 2.21. The largest absolute Gasteiger partial charge is 0.493 e. The van der Waals surface area contributed by atoms with E-state index in [1.165, 1.54) is 0 Å². The van der Waals surface area contributed by atoms with Crippen molar-refractivity contribution in [3.05, 3.63) is 64.4 Å². The maximum absolute atomic E-state index is 12.3. The molecule has 2 aromatic carbocycles. The van der Waals surface area contributed by atoms with Gasteiger partial charge in [-0.15, -0.1) is 0 Å². The minimum absolute atomic E-state index is 0.0148. The van der Waals surface area contributed by atoms with Gasteiger partial charge in [0.1, 0.15) is 5.75 Å². The lowest BCUT2D eigenvalue weighted by atomic mass is 9.95. The van der Waals surface area contributed by atoms with Crippen LogP contribution in [0.1, 0.15) is 5.56 Å².